The fraction of sp³-hybridized carbons (Fsp3) is 0.444. The third kappa shape index (κ3) is 3.94. The summed E-state index contributed by atoms with van der Waals surface area (Å²) in [5, 5.41) is 10.7. The van der Waals surface area contributed by atoms with Crippen molar-refractivity contribution in [3.8, 4) is 11.5 Å². The van der Waals surface area contributed by atoms with Crippen molar-refractivity contribution in [2.24, 2.45) is 4.99 Å². The first-order chi connectivity index (χ1) is 11.5. The van der Waals surface area contributed by atoms with Gasteiger partial charge in [-0.15, -0.1) is 0 Å². The molecule has 1 fully saturated rings. The smallest absolute Gasteiger partial charge is 0.248 e. The van der Waals surface area contributed by atoms with Crippen LogP contribution in [0.5, 0.6) is 11.5 Å². The standard InChI is InChI=1S/C18H24N2O4/c1-5-19-13(3)15-9-17(16(23-4)8-12(15)2)24-14-6-7-20(10-14)18(22)11-21/h5,8-9,14,21H,2,6-7,10-11H2,1,3-4H3/b15-13-,19-5?. The highest BCUT2D eigenvalue weighted by Crippen LogP contribution is 2.26. The summed E-state index contributed by atoms with van der Waals surface area (Å²) in [6, 6.07) is 3.70. The molecule has 2 rings (SSSR count). The summed E-state index contributed by atoms with van der Waals surface area (Å²) >= 11 is 0. The molecule has 0 radical (unpaired) electrons. The van der Waals surface area contributed by atoms with Crippen LogP contribution in [-0.2, 0) is 4.79 Å². The lowest BCUT2D eigenvalue weighted by Gasteiger charge is -2.18. The number of benzene rings is 1. The lowest BCUT2D eigenvalue weighted by molar-refractivity contribution is -0.133. The van der Waals surface area contributed by atoms with Gasteiger partial charge in [0.05, 0.1) is 13.7 Å². The van der Waals surface area contributed by atoms with Crippen LogP contribution >= 0.6 is 0 Å². The second-order valence-electron chi connectivity index (χ2n) is 5.66. The SMILES string of the molecule is C=c1cc(OC)c(OC2CCN(C(=O)CO)C2)c/c1=C(\C)N=CC. The number of aliphatic hydroxyl groups is 1. The summed E-state index contributed by atoms with van der Waals surface area (Å²) in [4.78, 5) is 17.5. The number of hydrogen-bond donors (Lipinski definition) is 1. The van der Waals surface area contributed by atoms with Gasteiger partial charge >= 0.3 is 0 Å². The minimum atomic E-state index is -0.473. The number of carbonyl (C=O) groups is 1. The number of rotatable bonds is 5. The molecule has 1 aliphatic rings. The Morgan fingerprint density at radius 2 is 2.25 bits per heavy atom. The summed E-state index contributed by atoms with van der Waals surface area (Å²) in [5.74, 6) is 0.932. The van der Waals surface area contributed by atoms with Gasteiger partial charge in [0.15, 0.2) is 11.5 Å². The van der Waals surface area contributed by atoms with E-state index in [1.807, 2.05) is 26.0 Å². The molecule has 130 valence electrons. The fourth-order valence-corrected chi connectivity index (χ4v) is 2.78. The van der Waals surface area contributed by atoms with E-state index in [9.17, 15) is 4.79 Å². The lowest BCUT2D eigenvalue weighted by atomic mass is 10.2. The van der Waals surface area contributed by atoms with Gasteiger partial charge in [-0.25, -0.2) is 0 Å². The van der Waals surface area contributed by atoms with Crippen molar-refractivity contribution in [2.45, 2.75) is 26.4 Å². The van der Waals surface area contributed by atoms with E-state index in [2.05, 4.69) is 11.6 Å². The van der Waals surface area contributed by atoms with Crippen LogP contribution in [0.15, 0.2) is 17.1 Å². The average Bonchev–Trinajstić information content (AvgIpc) is 3.04. The average molecular weight is 332 g/mol. The number of aliphatic imine (C=N–C) groups is 1. The fourth-order valence-electron chi connectivity index (χ4n) is 2.78. The maximum absolute atomic E-state index is 11.6. The van der Waals surface area contributed by atoms with E-state index in [0.717, 1.165) is 16.1 Å². The van der Waals surface area contributed by atoms with E-state index in [1.165, 1.54) is 0 Å². The van der Waals surface area contributed by atoms with Gasteiger partial charge in [-0.2, -0.15) is 0 Å². The number of methoxy groups -OCH3 is 1. The van der Waals surface area contributed by atoms with E-state index in [4.69, 9.17) is 14.6 Å². The molecule has 1 saturated heterocycles. The minimum Gasteiger partial charge on any atom is -0.493 e. The van der Waals surface area contributed by atoms with Gasteiger partial charge in [-0.3, -0.25) is 9.79 Å². The number of hydrogen-bond acceptors (Lipinski definition) is 5. The molecule has 0 aliphatic carbocycles. The molecule has 24 heavy (non-hydrogen) atoms. The Bertz CT molecular complexity index is 742. The zero-order valence-electron chi connectivity index (χ0n) is 14.4. The summed E-state index contributed by atoms with van der Waals surface area (Å²) in [6.45, 7) is 8.38. The lowest BCUT2D eigenvalue weighted by Crippen LogP contribution is -2.33. The number of ether oxygens (including phenoxy) is 2. The van der Waals surface area contributed by atoms with Gasteiger partial charge < -0.3 is 19.5 Å². The van der Waals surface area contributed by atoms with Gasteiger partial charge in [-0.05, 0) is 31.2 Å². The molecule has 1 aromatic rings. The first kappa shape index (κ1) is 18.0. The van der Waals surface area contributed by atoms with E-state index < -0.39 is 6.61 Å². The monoisotopic (exact) mass is 332 g/mol. The Labute approximate surface area is 141 Å². The number of likely N-dealkylation sites (tertiary alicyclic amines) is 1. The molecule has 1 atom stereocenters. The highest BCUT2D eigenvalue weighted by Gasteiger charge is 2.27. The normalized spacial score (nSPS) is 18.8. The van der Waals surface area contributed by atoms with Crippen LogP contribution in [0.2, 0.25) is 0 Å². The van der Waals surface area contributed by atoms with Crippen molar-refractivity contribution < 1.29 is 19.4 Å². The molecule has 0 saturated carbocycles. The summed E-state index contributed by atoms with van der Waals surface area (Å²) in [6.07, 6.45) is 2.31. The van der Waals surface area contributed by atoms with E-state index in [0.29, 0.717) is 31.0 Å². The zero-order chi connectivity index (χ0) is 17.7. The Balaban J connectivity index is 2.30. The first-order valence-electron chi connectivity index (χ1n) is 7.92. The largest absolute Gasteiger partial charge is 0.493 e. The van der Waals surface area contributed by atoms with E-state index in [1.54, 1.807) is 18.2 Å². The van der Waals surface area contributed by atoms with Crippen LogP contribution in [0.25, 0.3) is 12.3 Å². The molecule has 0 bridgehead atoms. The van der Waals surface area contributed by atoms with E-state index >= 15 is 0 Å². The van der Waals surface area contributed by atoms with Crippen molar-refractivity contribution >= 4 is 24.4 Å². The Hall–Kier alpha value is -2.34. The van der Waals surface area contributed by atoms with Gasteiger partial charge in [0.25, 0.3) is 0 Å². The van der Waals surface area contributed by atoms with Crippen LogP contribution < -0.4 is 19.9 Å². The summed E-state index contributed by atoms with van der Waals surface area (Å²) < 4.78 is 11.4. The van der Waals surface area contributed by atoms with Crippen LogP contribution in [0, 0.1) is 0 Å². The molecule has 6 heteroatoms. The molecular weight excluding hydrogens is 308 g/mol. The third-order valence-electron chi connectivity index (χ3n) is 4.03. The predicted molar refractivity (Wildman–Crippen MR) is 93.7 cm³/mol. The number of aliphatic hydroxyl groups excluding tert-OH is 1. The second kappa shape index (κ2) is 7.97. The van der Waals surface area contributed by atoms with Crippen LogP contribution in [0.3, 0.4) is 0 Å². The topological polar surface area (TPSA) is 71.4 Å². The first-order valence-corrected chi connectivity index (χ1v) is 7.92. The quantitative estimate of drug-likeness (QED) is 0.787. The molecule has 1 unspecified atom stereocenters. The van der Waals surface area contributed by atoms with Crippen molar-refractivity contribution in [2.75, 3.05) is 26.8 Å². The second-order valence-corrected chi connectivity index (χ2v) is 5.66. The molecule has 1 aliphatic heterocycles. The summed E-state index contributed by atoms with van der Waals surface area (Å²) in [7, 11) is 1.58. The Kier molecular flexibility index (Phi) is 5.98. The van der Waals surface area contributed by atoms with Crippen molar-refractivity contribution in [3.63, 3.8) is 0 Å². The van der Waals surface area contributed by atoms with Crippen molar-refractivity contribution in [1.29, 1.82) is 0 Å². The minimum absolute atomic E-state index is 0.132. The van der Waals surface area contributed by atoms with Crippen LogP contribution in [0.1, 0.15) is 20.3 Å². The van der Waals surface area contributed by atoms with E-state index in [-0.39, 0.29) is 12.0 Å². The van der Waals surface area contributed by atoms with Gasteiger partial charge in [0, 0.05) is 30.1 Å². The molecule has 1 heterocycles. The van der Waals surface area contributed by atoms with Crippen LogP contribution in [0.4, 0.5) is 0 Å². The maximum Gasteiger partial charge on any atom is 0.248 e. The zero-order valence-corrected chi connectivity index (χ0v) is 14.4. The molecule has 0 aromatic heterocycles. The number of carbonyl (C=O) groups excluding carboxylic acids is 1. The Morgan fingerprint density at radius 1 is 1.50 bits per heavy atom. The molecule has 0 spiro atoms. The summed E-state index contributed by atoms with van der Waals surface area (Å²) in [5.41, 5.74) is 0.846. The van der Waals surface area contributed by atoms with Crippen LogP contribution in [-0.4, -0.2) is 55.0 Å². The molecule has 1 aromatic carbocycles. The number of amides is 1. The van der Waals surface area contributed by atoms with Gasteiger partial charge in [-0.1, -0.05) is 6.58 Å². The highest BCUT2D eigenvalue weighted by atomic mass is 16.5. The van der Waals surface area contributed by atoms with Crippen molar-refractivity contribution in [3.05, 3.63) is 22.6 Å². The number of nitrogens with zero attached hydrogens (tertiary/aromatic N) is 2. The third-order valence-corrected chi connectivity index (χ3v) is 4.03. The van der Waals surface area contributed by atoms with Gasteiger partial charge in [0.1, 0.15) is 12.7 Å². The molecule has 1 N–H and O–H groups in total. The highest BCUT2D eigenvalue weighted by molar-refractivity contribution is 5.77. The maximum atomic E-state index is 11.6. The van der Waals surface area contributed by atoms with Gasteiger partial charge in [0.2, 0.25) is 5.91 Å². The molecule has 6 nitrogen and oxygen atoms in total. The van der Waals surface area contributed by atoms with Crippen molar-refractivity contribution in [1.82, 2.24) is 4.90 Å². The molecule has 1 amide bonds. The Morgan fingerprint density at radius 3 is 2.88 bits per heavy atom. The predicted octanol–water partition coefficient (Wildman–Crippen LogP) is 0.296. The molecular formula is C18H24N2O4.